The molecule has 0 radical (unpaired) electrons. The van der Waals surface area contributed by atoms with E-state index in [1.165, 1.54) is 57.8 Å². The van der Waals surface area contributed by atoms with Crippen LogP contribution in [0, 0.1) is 0 Å². The van der Waals surface area contributed by atoms with E-state index in [1.807, 2.05) is 18.2 Å². The number of allylic oxidation sites excluding steroid dienone is 5. The highest BCUT2D eigenvalue weighted by Crippen LogP contribution is 2.47. The number of aliphatic hydroxyl groups is 6. The fraction of sp³-hybridized carbons (Fsp3) is 0.814. The highest BCUT2D eigenvalue weighted by Gasteiger charge is 2.51. The first kappa shape index (κ1) is 54.0. The van der Waals surface area contributed by atoms with Gasteiger partial charge in [0.2, 0.25) is 0 Å². The van der Waals surface area contributed by atoms with Gasteiger partial charge in [-0.3, -0.25) is 18.6 Å². The Labute approximate surface area is 347 Å². The lowest BCUT2D eigenvalue weighted by atomic mass is 9.85. The molecule has 0 aliphatic heterocycles. The smallest absolute Gasteiger partial charge is 0.462 e. The van der Waals surface area contributed by atoms with E-state index in [-0.39, 0.29) is 12.8 Å². The van der Waals surface area contributed by atoms with Gasteiger partial charge in [0.1, 0.15) is 43.2 Å². The molecule has 1 aliphatic rings. The number of ether oxygens (including phenoxy) is 2. The second-order valence-corrected chi connectivity index (χ2v) is 16.8. The third-order valence-corrected chi connectivity index (χ3v) is 11.1. The van der Waals surface area contributed by atoms with Crippen LogP contribution in [0.1, 0.15) is 162 Å². The molecule has 1 fully saturated rings. The maximum atomic E-state index is 12.8. The van der Waals surface area contributed by atoms with Crippen molar-refractivity contribution < 1.29 is 68.2 Å². The van der Waals surface area contributed by atoms with E-state index in [1.54, 1.807) is 6.08 Å². The third kappa shape index (κ3) is 26.3. The van der Waals surface area contributed by atoms with Crippen molar-refractivity contribution in [2.24, 2.45) is 0 Å². The zero-order valence-corrected chi connectivity index (χ0v) is 36.1. The molecule has 0 aromatic carbocycles. The number of hydrogen-bond acceptors (Lipinski definition) is 13. The molecule has 7 N–H and O–H groups in total. The van der Waals surface area contributed by atoms with Crippen molar-refractivity contribution in [2.45, 2.75) is 210 Å². The molecule has 0 aromatic rings. The molecule has 0 aromatic heterocycles. The number of phosphoric ester groups is 1. The van der Waals surface area contributed by atoms with Gasteiger partial charge < -0.3 is 45.0 Å². The summed E-state index contributed by atoms with van der Waals surface area (Å²) in [6.07, 6.45) is 19.3. The molecule has 1 rings (SSSR count). The maximum absolute atomic E-state index is 12.8. The van der Waals surface area contributed by atoms with E-state index < -0.39 is 81.8 Å². The number of esters is 2. The molecule has 1 aliphatic carbocycles. The van der Waals surface area contributed by atoms with Gasteiger partial charge in [0, 0.05) is 12.8 Å². The highest BCUT2D eigenvalue weighted by atomic mass is 31.2. The standard InChI is InChI=1S/C43H77O14P/c1-3-5-7-9-11-12-13-14-15-16-18-22-26-30-36(45)54-32-35(33-55-58(52,53)57-43-41(50)39(48)38(47)40(49)42(43)51)56-37(46)31-27-23-19-21-25-29-34(44)28-24-20-17-10-8-6-4-2/h6,8,17,20,24,28,34-35,38-44,47-51H,3-5,7,9-16,18-19,21-23,25-27,29-33H2,1-2H3,(H,52,53)/b8-6+,20-17+,28-24+/t34?,35-,38?,39-,40+,41-,42-,43?/m1/s1. The van der Waals surface area contributed by atoms with Crippen molar-refractivity contribution >= 4 is 19.8 Å². The zero-order valence-electron chi connectivity index (χ0n) is 35.2. The minimum Gasteiger partial charge on any atom is -0.462 e. The molecule has 1 saturated carbocycles. The van der Waals surface area contributed by atoms with Gasteiger partial charge in [0.25, 0.3) is 0 Å². The van der Waals surface area contributed by atoms with E-state index in [0.717, 1.165) is 57.8 Å². The van der Waals surface area contributed by atoms with Crippen LogP contribution in [0.25, 0.3) is 0 Å². The molecule has 338 valence electrons. The Morgan fingerprint density at radius 1 is 0.621 bits per heavy atom. The number of carbonyl (C=O) groups excluding carboxylic acids is 2. The van der Waals surface area contributed by atoms with Crippen LogP contribution in [-0.2, 0) is 32.7 Å². The molecule has 9 atom stereocenters. The van der Waals surface area contributed by atoms with Crippen molar-refractivity contribution in [3.05, 3.63) is 36.5 Å². The predicted octanol–water partition coefficient (Wildman–Crippen LogP) is 6.80. The minimum atomic E-state index is -5.14. The Bertz CT molecular complexity index is 1180. The minimum absolute atomic E-state index is 0.0282. The average Bonchev–Trinajstić information content (AvgIpc) is 3.20. The average molecular weight is 849 g/mol. The van der Waals surface area contributed by atoms with E-state index in [0.29, 0.717) is 19.3 Å². The zero-order chi connectivity index (χ0) is 43.0. The van der Waals surface area contributed by atoms with Gasteiger partial charge in [0.05, 0.1) is 12.7 Å². The Morgan fingerprint density at radius 3 is 1.67 bits per heavy atom. The fourth-order valence-electron chi connectivity index (χ4n) is 6.53. The molecule has 0 bridgehead atoms. The van der Waals surface area contributed by atoms with Gasteiger partial charge >= 0.3 is 19.8 Å². The monoisotopic (exact) mass is 849 g/mol. The molecular formula is C43H77O14P. The molecule has 0 saturated heterocycles. The van der Waals surface area contributed by atoms with Crippen molar-refractivity contribution in [1.29, 1.82) is 0 Å². The molecule has 15 heteroatoms. The fourth-order valence-corrected chi connectivity index (χ4v) is 7.50. The first-order chi connectivity index (χ1) is 27.8. The SMILES string of the molecule is CC/C=C/C/C=C/C=C/C(O)CCCCCCCC(=O)O[C@H](COC(=O)CCCCCCCCCCCCCCC)COP(=O)(O)OC1[C@H](O)[C@H](O)C(O)[C@H](O)[C@H]1O. The Hall–Kier alpha value is -1.97. The summed E-state index contributed by atoms with van der Waals surface area (Å²) < 4.78 is 33.4. The number of unbranched alkanes of at least 4 members (excludes halogenated alkanes) is 16. The summed E-state index contributed by atoms with van der Waals surface area (Å²) in [5.41, 5.74) is 0. The number of hydrogen-bond donors (Lipinski definition) is 7. The summed E-state index contributed by atoms with van der Waals surface area (Å²) in [6.45, 7) is 3.07. The second kappa shape index (κ2) is 33.7. The van der Waals surface area contributed by atoms with Crippen molar-refractivity contribution in [1.82, 2.24) is 0 Å². The lowest BCUT2D eigenvalue weighted by Gasteiger charge is -2.41. The van der Waals surface area contributed by atoms with Crippen LogP contribution < -0.4 is 0 Å². The van der Waals surface area contributed by atoms with E-state index in [2.05, 4.69) is 26.0 Å². The summed E-state index contributed by atoms with van der Waals surface area (Å²) in [5, 5.41) is 60.2. The maximum Gasteiger partial charge on any atom is 0.472 e. The van der Waals surface area contributed by atoms with Crippen LogP contribution in [0.4, 0.5) is 0 Å². The topological polar surface area (TPSA) is 230 Å². The molecule has 4 unspecified atom stereocenters. The molecule has 14 nitrogen and oxygen atoms in total. The van der Waals surface area contributed by atoms with Crippen LogP contribution in [-0.4, -0.2) is 110 Å². The predicted molar refractivity (Wildman–Crippen MR) is 222 cm³/mol. The lowest BCUT2D eigenvalue weighted by Crippen LogP contribution is -2.64. The van der Waals surface area contributed by atoms with Crippen molar-refractivity contribution in [3.63, 3.8) is 0 Å². The summed E-state index contributed by atoms with van der Waals surface area (Å²) in [7, 11) is -5.14. The number of rotatable bonds is 35. The molecular weight excluding hydrogens is 771 g/mol. The first-order valence-corrected chi connectivity index (χ1v) is 23.4. The number of aliphatic hydroxyl groups excluding tert-OH is 6. The Kier molecular flexibility index (Phi) is 31.4. The Morgan fingerprint density at radius 2 is 1.12 bits per heavy atom. The molecule has 0 amide bonds. The number of carbonyl (C=O) groups is 2. The van der Waals surface area contributed by atoms with E-state index in [9.17, 15) is 49.7 Å². The third-order valence-electron chi connectivity index (χ3n) is 10.1. The van der Waals surface area contributed by atoms with Crippen LogP contribution in [0.15, 0.2) is 36.5 Å². The normalized spacial score (nSPS) is 23.4. The summed E-state index contributed by atoms with van der Waals surface area (Å²) in [5.74, 6) is -1.17. The molecule has 0 heterocycles. The number of phosphoric acid groups is 1. The Balaban J connectivity index is 2.53. The van der Waals surface area contributed by atoms with E-state index >= 15 is 0 Å². The van der Waals surface area contributed by atoms with Gasteiger partial charge in [-0.15, -0.1) is 0 Å². The van der Waals surface area contributed by atoms with Gasteiger partial charge in [-0.05, 0) is 32.1 Å². The van der Waals surface area contributed by atoms with Gasteiger partial charge in [-0.2, -0.15) is 0 Å². The van der Waals surface area contributed by atoms with Gasteiger partial charge in [-0.1, -0.05) is 153 Å². The summed E-state index contributed by atoms with van der Waals surface area (Å²) in [6, 6.07) is 0. The largest absolute Gasteiger partial charge is 0.472 e. The quantitative estimate of drug-likeness (QED) is 0.0114. The summed E-state index contributed by atoms with van der Waals surface area (Å²) >= 11 is 0. The van der Waals surface area contributed by atoms with Gasteiger partial charge in [0.15, 0.2) is 6.10 Å². The second-order valence-electron chi connectivity index (χ2n) is 15.4. The highest BCUT2D eigenvalue weighted by molar-refractivity contribution is 7.47. The lowest BCUT2D eigenvalue weighted by molar-refractivity contribution is -0.220. The van der Waals surface area contributed by atoms with Crippen LogP contribution in [0.2, 0.25) is 0 Å². The molecule has 58 heavy (non-hydrogen) atoms. The van der Waals surface area contributed by atoms with Crippen molar-refractivity contribution in [3.8, 4) is 0 Å². The van der Waals surface area contributed by atoms with E-state index in [4.69, 9.17) is 18.5 Å². The van der Waals surface area contributed by atoms with Gasteiger partial charge in [-0.25, -0.2) is 4.57 Å². The first-order valence-electron chi connectivity index (χ1n) is 21.9. The van der Waals surface area contributed by atoms with Crippen LogP contribution >= 0.6 is 7.82 Å². The van der Waals surface area contributed by atoms with Crippen molar-refractivity contribution in [2.75, 3.05) is 13.2 Å². The molecule has 0 spiro atoms. The summed E-state index contributed by atoms with van der Waals surface area (Å²) in [4.78, 5) is 35.6. The van der Waals surface area contributed by atoms with Crippen LogP contribution in [0.5, 0.6) is 0 Å². The van der Waals surface area contributed by atoms with Crippen LogP contribution in [0.3, 0.4) is 0 Å².